The second-order valence-electron chi connectivity index (χ2n) is 3.56. The molecule has 0 saturated carbocycles. The fraction of sp³-hybridized carbons (Fsp3) is 0.250. The second kappa shape index (κ2) is 6.68. The van der Waals surface area contributed by atoms with Gasteiger partial charge in [0.15, 0.2) is 5.78 Å². The number of hydrogen-bond acceptors (Lipinski definition) is 3. The molecule has 0 bridgehead atoms. The molecule has 1 rings (SSSR count). The van der Waals surface area contributed by atoms with Gasteiger partial charge in [0.2, 0.25) is 10.0 Å². The summed E-state index contributed by atoms with van der Waals surface area (Å²) in [6.07, 6.45) is 3.29. The number of carbonyl (C=O) groups is 1. The Balaban J connectivity index is 2.79. The molecule has 0 spiro atoms. The summed E-state index contributed by atoms with van der Waals surface area (Å²) in [5.41, 5.74) is 0.482. The summed E-state index contributed by atoms with van der Waals surface area (Å²) in [5, 5.41) is 0. The van der Waals surface area contributed by atoms with E-state index in [0.717, 1.165) is 0 Å². The maximum Gasteiger partial charge on any atom is 0.240 e. The zero-order valence-electron chi connectivity index (χ0n) is 9.89. The quantitative estimate of drug-likeness (QED) is 0.494. The molecule has 0 fully saturated rings. The van der Waals surface area contributed by atoms with Crippen molar-refractivity contribution >= 4 is 27.4 Å². The van der Waals surface area contributed by atoms with Gasteiger partial charge in [0.05, 0.1) is 4.90 Å². The van der Waals surface area contributed by atoms with Crippen LogP contribution in [0.1, 0.15) is 17.3 Å². The van der Waals surface area contributed by atoms with Crippen molar-refractivity contribution in [2.24, 2.45) is 0 Å². The number of sulfonamides is 1. The molecular formula is C12H14ClNO3S. The van der Waals surface area contributed by atoms with Crippen molar-refractivity contribution in [3.05, 3.63) is 42.0 Å². The Morgan fingerprint density at radius 2 is 1.89 bits per heavy atom. The summed E-state index contributed by atoms with van der Waals surface area (Å²) < 4.78 is 26.0. The summed E-state index contributed by atoms with van der Waals surface area (Å²) in [7, 11) is -3.54. The van der Waals surface area contributed by atoms with Crippen LogP contribution in [0.4, 0.5) is 0 Å². The normalized spacial score (nSPS) is 11.9. The number of rotatable bonds is 6. The van der Waals surface area contributed by atoms with E-state index in [-0.39, 0.29) is 17.2 Å². The van der Waals surface area contributed by atoms with Crippen LogP contribution >= 0.6 is 11.6 Å². The van der Waals surface area contributed by atoms with E-state index in [4.69, 9.17) is 11.6 Å². The third-order valence-corrected chi connectivity index (χ3v) is 3.84. The molecule has 0 unspecified atom stereocenters. The molecule has 0 aliphatic heterocycles. The average molecular weight is 288 g/mol. The second-order valence-corrected chi connectivity index (χ2v) is 5.63. The first kappa shape index (κ1) is 14.9. The summed E-state index contributed by atoms with van der Waals surface area (Å²) in [6, 6.07) is 5.80. The summed E-state index contributed by atoms with van der Waals surface area (Å²) in [6.45, 7) is 1.61. The topological polar surface area (TPSA) is 63.2 Å². The van der Waals surface area contributed by atoms with Gasteiger partial charge in [-0.15, -0.1) is 11.6 Å². The molecule has 1 N–H and O–H groups in total. The molecule has 0 aliphatic carbocycles. The van der Waals surface area contributed by atoms with E-state index < -0.39 is 10.0 Å². The van der Waals surface area contributed by atoms with Gasteiger partial charge in [-0.1, -0.05) is 24.3 Å². The lowest BCUT2D eigenvalue weighted by atomic mass is 10.2. The third kappa shape index (κ3) is 4.25. The molecule has 0 atom stereocenters. The van der Waals surface area contributed by atoms with Gasteiger partial charge >= 0.3 is 0 Å². The van der Waals surface area contributed by atoms with Crippen molar-refractivity contribution in [1.29, 1.82) is 0 Å². The summed E-state index contributed by atoms with van der Waals surface area (Å²) in [4.78, 5) is 11.2. The number of nitrogens with one attached hydrogen (secondary N) is 1. The van der Waals surface area contributed by atoms with E-state index in [1.165, 1.54) is 31.2 Å². The number of halogens is 1. The van der Waals surface area contributed by atoms with Crippen molar-refractivity contribution in [3.63, 3.8) is 0 Å². The molecule has 0 saturated heterocycles. The maximum atomic E-state index is 11.8. The molecule has 4 nitrogen and oxygen atoms in total. The number of allylic oxidation sites excluding steroid dienone is 1. The van der Waals surface area contributed by atoms with Crippen LogP contribution in [-0.4, -0.2) is 26.6 Å². The van der Waals surface area contributed by atoms with E-state index in [0.29, 0.717) is 11.4 Å². The monoisotopic (exact) mass is 287 g/mol. The van der Waals surface area contributed by atoms with Crippen LogP contribution in [0, 0.1) is 0 Å². The van der Waals surface area contributed by atoms with Crippen molar-refractivity contribution in [2.45, 2.75) is 11.8 Å². The molecule has 18 heavy (non-hydrogen) atoms. The van der Waals surface area contributed by atoms with Gasteiger partial charge in [-0.25, -0.2) is 13.1 Å². The molecular weight excluding hydrogens is 274 g/mol. The molecule has 0 radical (unpaired) electrons. The van der Waals surface area contributed by atoms with Crippen LogP contribution in [0.3, 0.4) is 0 Å². The van der Waals surface area contributed by atoms with Gasteiger partial charge in [0.1, 0.15) is 0 Å². The van der Waals surface area contributed by atoms with Gasteiger partial charge in [-0.3, -0.25) is 4.79 Å². The zero-order valence-corrected chi connectivity index (χ0v) is 11.5. The van der Waals surface area contributed by atoms with E-state index in [1.54, 1.807) is 12.2 Å². The number of benzene rings is 1. The Kier molecular flexibility index (Phi) is 5.53. The Morgan fingerprint density at radius 3 is 2.39 bits per heavy atom. The van der Waals surface area contributed by atoms with Crippen molar-refractivity contribution in [3.8, 4) is 0 Å². The number of ketones is 1. The highest BCUT2D eigenvalue weighted by molar-refractivity contribution is 7.89. The van der Waals surface area contributed by atoms with Crippen molar-refractivity contribution in [1.82, 2.24) is 4.72 Å². The SMILES string of the molecule is CC(=O)c1ccc(S(=O)(=O)NC/C=C/CCl)cc1. The first-order valence-corrected chi connectivity index (χ1v) is 7.31. The lowest BCUT2D eigenvalue weighted by Crippen LogP contribution is -2.23. The lowest BCUT2D eigenvalue weighted by molar-refractivity contribution is 0.101. The maximum absolute atomic E-state index is 11.8. The van der Waals surface area contributed by atoms with Crippen molar-refractivity contribution < 1.29 is 13.2 Å². The Labute approximate surface area is 112 Å². The highest BCUT2D eigenvalue weighted by atomic mass is 35.5. The molecule has 1 aromatic rings. The minimum absolute atomic E-state index is 0.100. The van der Waals surface area contributed by atoms with Crippen LogP contribution in [0.2, 0.25) is 0 Å². The highest BCUT2D eigenvalue weighted by Gasteiger charge is 2.12. The van der Waals surface area contributed by atoms with Crippen LogP contribution in [0.15, 0.2) is 41.3 Å². The largest absolute Gasteiger partial charge is 0.295 e. The van der Waals surface area contributed by atoms with Crippen LogP contribution in [-0.2, 0) is 10.0 Å². The Morgan fingerprint density at radius 1 is 1.28 bits per heavy atom. The number of alkyl halides is 1. The van der Waals surface area contributed by atoms with Crippen LogP contribution in [0.25, 0.3) is 0 Å². The molecule has 0 heterocycles. The lowest BCUT2D eigenvalue weighted by Gasteiger charge is -2.05. The van der Waals surface area contributed by atoms with E-state index in [9.17, 15) is 13.2 Å². The summed E-state index contributed by atoms with van der Waals surface area (Å²) in [5.74, 6) is 0.242. The molecule has 0 aliphatic rings. The highest BCUT2D eigenvalue weighted by Crippen LogP contribution is 2.10. The molecule has 6 heteroatoms. The van der Waals surface area contributed by atoms with Gasteiger partial charge in [-0.2, -0.15) is 0 Å². The van der Waals surface area contributed by atoms with Gasteiger partial charge < -0.3 is 0 Å². The van der Waals surface area contributed by atoms with E-state index in [1.807, 2.05) is 0 Å². The number of hydrogen-bond donors (Lipinski definition) is 1. The first-order valence-electron chi connectivity index (χ1n) is 5.29. The third-order valence-electron chi connectivity index (χ3n) is 2.22. The average Bonchev–Trinajstić information content (AvgIpc) is 2.35. The fourth-order valence-electron chi connectivity index (χ4n) is 1.26. The predicted octanol–water partition coefficient (Wildman–Crippen LogP) is 1.96. The molecule has 0 amide bonds. The first-order chi connectivity index (χ1) is 8.47. The molecule has 98 valence electrons. The number of Topliss-reactive ketones (excluding diaryl/α,β-unsaturated/α-hetero) is 1. The fourth-order valence-corrected chi connectivity index (χ4v) is 2.36. The van der Waals surface area contributed by atoms with Gasteiger partial charge in [-0.05, 0) is 19.1 Å². The summed E-state index contributed by atoms with van der Waals surface area (Å²) >= 11 is 5.42. The van der Waals surface area contributed by atoms with Crippen LogP contribution < -0.4 is 4.72 Å². The van der Waals surface area contributed by atoms with Crippen molar-refractivity contribution in [2.75, 3.05) is 12.4 Å². The van der Waals surface area contributed by atoms with Gasteiger partial charge in [0.25, 0.3) is 0 Å². The Hall–Kier alpha value is -1.17. The smallest absolute Gasteiger partial charge is 0.240 e. The molecule has 1 aromatic carbocycles. The van der Waals surface area contributed by atoms with Gasteiger partial charge in [0, 0.05) is 18.0 Å². The minimum atomic E-state index is -3.54. The minimum Gasteiger partial charge on any atom is -0.295 e. The zero-order chi connectivity index (χ0) is 13.6. The van der Waals surface area contributed by atoms with E-state index >= 15 is 0 Å². The van der Waals surface area contributed by atoms with Crippen LogP contribution in [0.5, 0.6) is 0 Å². The standard InChI is InChI=1S/C12H14ClNO3S/c1-10(15)11-4-6-12(7-5-11)18(16,17)14-9-3-2-8-13/h2-7,14H,8-9H2,1H3/b3-2+. The predicted molar refractivity (Wildman–Crippen MR) is 71.5 cm³/mol. The molecule has 0 aromatic heterocycles. The number of carbonyl (C=O) groups excluding carboxylic acids is 1. The Bertz CT molecular complexity index is 535. The van der Waals surface area contributed by atoms with E-state index in [2.05, 4.69) is 4.72 Å².